The zero-order chi connectivity index (χ0) is 11.1. The molecule has 16 heavy (non-hydrogen) atoms. The van der Waals surface area contributed by atoms with E-state index < -0.39 is 5.03 Å². The summed E-state index contributed by atoms with van der Waals surface area (Å²) in [6, 6.07) is 0. The van der Waals surface area contributed by atoms with E-state index in [-0.39, 0.29) is 18.3 Å². The Morgan fingerprint density at radius 3 is 3.00 bits per heavy atom. The lowest BCUT2D eigenvalue weighted by Crippen LogP contribution is -2.52. The Kier molecular flexibility index (Phi) is 1.57. The van der Waals surface area contributed by atoms with Crippen LogP contribution in [0.3, 0.4) is 0 Å². The van der Waals surface area contributed by atoms with Crippen molar-refractivity contribution in [2.24, 2.45) is 5.10 Å². The predicted octanol–water partition coefficient (Wildman–Crippen LogP) is -2.97. The molecule has 0 aromatic carbocycles. The first-order valence-corrected chi connectivity index (χ1v) is 4.30. The fourth-order valence-corrected chi connectivity index (χ4v) is 1.50. The Morgan fingerprint density at radius 1 is 1.38 bits per heavy atom. The number of guanidine groups is 1. The third kappa shape index (κ3) is 1.23. The normalized spacial score (nSPS) is 28.1. The number of hydrazone groups is 1. The maximum absolute atomic E-state index is 10.2. The monoisotopic (exact) mass is 226 g/mol. The van der Waals surface area contributed by atoms with E-state index in [1.54, 1.807) is 0 Å². The molecule has 2 aliphatic heterocycles. The van der Waals surface area contributed by atoms with Crippen molar-refractivity contribution in [1.82, 2.24) is 30.9 Å². The van der Waals surface area contributed by atoms with Crippen LogP contribution < -0.4 is 21.4 Å². The summed E-state index contributed by atoms with van der Waals surface area (Å²) in [5.74, 6) is 0.483. The topological polar surface area (TPSA) is 147 Å². The summed E-state index contributed by atoms with van der Waals surface area (Å²) < 4.78 is 0. The molecule has 2 aliphatic rings. The number of hydrogen-bond donors (Lipinski definition) is 4. The average molecular weight is 226 g/mol. The van der Waals surface area contributed by atoms with Gasteiger partial charge in [-0.05, 0) is 10.4 Å². The van der Waals surface area contributed by atoms with Crippen LogP contribution in [0.4, 0.5) is 5.95 Å². The van der Waals surface area contributed by atoms with Gasteiger partial charge in [0, 0.05) is 0 Å². The summed E-state index contributed by atoms with van der Waals surface area (Å²) in [4.78, 5) is 11.5. The lowest BCUT2D eigenvalue weighted by Gasteiger charge is -2.26. The molecule has 4 N–H and O–H groups in total. The quantitative estimate of drug-likeness (QED) is 0.291. The molecule has 84 valence electrons. The first kappa shape index (κ1) is 8.63. The number of nitro groups is 1. The van der Waals surface area contributed by atoms with E-state index in [1.807, 2.05) is 0 Å². The van der Waals surface area contributed by atoms with Gasteiger partial charge in [0.1, 0.15) is 11.3 Å². The van der Waals surface area contributed by atoms with Crippen LogP contribution in [0.25, 0.3) is 0 Å². The first-order valence-electron chi connectivity index (χ1n) is 4.30. The molecule has 1 fully saturated rings. The lowest BCUT2D eigenvalue weighted by molar-refractivity contribution is -0.485. The molecule has 2 atom stereocenters. The number of hydrogen-bond acceptors (Lipinski definition) is 7. The van der Waals surface area contributed by atoms with Crippen molar-refractivity contribution in [3.63, 3.8) is 0 Å². The zero-order valence-corrected chi connectivity index (χ0v) is 7.65. The van der Waals surface area contributed by atoms with Gasteiger partial charge in [0.05, 0.1) is 0 Å². The molecule has 0 saturated carbocycles. The second-order valence-electron chi connectivity index (χ2n) is 3.12. The van der Waals surface area contributed by atoms with Crippen LogP contribution in [0.15, 0.2) is 5.10 Å². The molecule has 12 nitrogen and oxygen atoms in total. The van der Waals surface area contributed by atoms with Crippen molar-refractivity contribution in [3.8, 4) is 0 Å². The third-order valence-electron chi connectivity index (χ3n) is 2.11. The van der Waals surface area contributed by atoms with Gasteiger partial charge in [-0.2, -0.15) is 0 Å². The number of nitrogens with zero attached hydrogens (tertiary/aromatic N) is 6. The molecule has 1 aromatic rings. The van der Waals surface area contributed by atoms with Gasteiger partial charge in [0.2, 0.25) is 0 Å². The summed E-state index contributed by atoms with van der Waals surface area (Å²) in [6.45, 7) is 0. The molecule has 0 aliphatic carbocycles. The van der Waals surface area contributed by atoms with Crippen LogP contribution >= 0.6 is 0 Å². The van der Waals surface area contributed by atoms with Gasteiger partial charge >= 0.3 is 0 Å². The van der Waals surface area contributed by atoms with E-state index in [0.29, 0.717) is 5.95 Å². The van der Waals surface area contributed by atoms with Crippen molar-refractivity contribution >= 4 is 11.9 Å². The van der Waals surface area contributed by atoms with Gasteiger partial charge in [-0.1, -0.05) is 5.10 Å². The molecule has 3 rings (SSSR count). The van der Waals surface area contributed by atoms with Gasteiger partial charge in [-0.25, -0.2) is 10.1 Å². The van der Waals surface area contributed by atoms with Crippen LogP contribution in [-0.4, -0.2) is 43.6 Å². The van der Waals surface area contributed by atoms with E-state index in [0.717, 1.165) is 0 Å². The molecule has 1 aromatic heterocycles. The van der Waals surface area contributed by atoms with E-state index in [9.17, 15) is 10.1 Å². The minimum atomic E-state index is -0.787. The van der Waals surface area contributed by atoms with Crippen LogP contribution in [-0.2, 0) is 0 Å². The van der Waals surface area contributed by atoms with Crippen LogP contribution in [0.1, 0.15) is 0 Å². The predicted molar refractivity (Wildman–Crippen MR) is 49.1 cm³/mol. The number of fused-ring (bicyclic) bond motifs is 2. The number of nitrogens with one attached hydrogen (secondary N) is 4. The second kappa shape index (κ2) is 2.91. The smallest absolute Gasteiger partial charge is 0.272 e. The van der Waals surface area contributed by atoms with E-state index in [4.69, 9.17) is 0 Å². The minimum absolute atomic E-state index is 0.0683. The van der Waals surface area contributed by atoms with Gasteiger partial charge in [-0.3, -0.25) is 5.43 Å². The molecule has 12 heteroatoms. The summed E-state index contributed by atoms with van der Waals surface area (Å²) in [7, 11) is 0. The zero-order valence-electron chi connectivity index (χ0n) is 7.65. The number of anilines is 1. The van der Waals surface area contributed by atoms with Crippen molar-refractivity contribution < 1.29 is 5.03 Å². The van der Waals surface area contributed by atoms with Crippen LogP contribution in [0.5, 0.6) is 0 Å². The van der Waals surface area contributed by atoms with Crippen molar-refractivity contribution in [2.75, 3.05) is 10.7 Å². The van der Waals surface area contributed by atoms with Crippen LogP contribution in [0.2, 0.25) is 0 Å². The molecule has 0 amide bonds. The average Bonchev–Trinajstić information content (AvgIpc) is 2.76. The minimum Gasteiger partial charge on any atom is -0.328 e. The van der Waals surface area contributed by atoms with E-state index in [2.05, 4.69) is 42.0 Å². The molecule has 1 saturated heterocycles. The van der Waals surface area contributed by atoms with Crippen LogP contribution in [0, 0.1) is 10.1 Å². The SMILES string of the molecule is O=[N+]([O-])/N=C1\N[C@H]2Nc3nnnn3N[C@@H]2N1. The highest BCUT2D eigenvalue weighted by atomic mass is 16.7. The van der Waals surface area contributed by atoms with Gasteiger partial charge in [0.15, 0.2) is 11.2 Å². The molecule has 0 spiro atoms. The highest BCUT2D eigenvalue weighted by molar-refractivity contribution is 5.83. The number of aromatic nitrogens is 4. The standard InChI is InChI=1S/C4H6N10O2/c15-14(16)10-3-5-1-2(6-3)9-13-4(7-1)8-11-12-13/h1-2,9H,(H2,5,6,10)(H,7,8,12)/t1-,2-/m0/s1. The lowest BCUT2D eigenvalue weighted by atomic mass is 10.4. The third-order valence-corrected chi connectivity index (χ3v) is 2.11. The Hall–Kier alpha value is -2.66. The molecular weight excluding hydrogens is 220 g/mol. The molecule has 0 bridgehead atoms. The second-order valence-corrected chi connectivity index (χ2v) is 3.12. The summed E-state index contributed by atoms with van der Waals surface area (Å²) in [5, 5.41) is 31.8. The van der Waals surface area contributed by atoms with E-state index in [1.165, 1.54) is 4.79 Å². The molecular formula is C4H6N10O2. The first-order chi connectivity index (χ1) is 7.72. The summed E-state index contributed by atoms with van der Waals surface area (Å²) in [5.41, 5.74) is 2.88. The number of rotatable bonds is 1. The molecule has 3 heterocycles. The van der Waals surface area contributed by atoms with Crippen molar-refractivity contribution in [3.05, 3.63) is 10.1 Å². The Labute approximate surface area is 87.2 Å². The van der Waals surface area contributed by atoms with Crippen molar-refractivity contribution in [1.29, 1.82) is 0 Å². The largest absolute Gasteiger partial charge is 0.328 e. The van der Waals surface area contributed by atoms with Gasteiger partial charge < -0.3 is 16.0 Å². The summed E-state index contributed by atoms with van der Waals surface area (Å²) >= 11 is 0. The Bertz CT molecular complexity index is 435. The van der Waals surface area contributed by atoms with Gasteiger partial charge in [0.25, 0.3) is 11.9 Å². The van der Waals surface area contributed by atoms with Crippen molar-refractivity contribution in [2.45, 2.75) is 12.3 Å². The fraction of sp³-hybridized carbons (Fsp3) is 0.500. The summed E-state index contributed by atoms with van der Waals surface area (Å²) in [6.07, 6.45) is -0.633. The highest BCUT2D eigenvalue weighted by Gasteiger charge is 2.37. The fourth-order valence-electron chi connectivity index (χ4n) is 1.50. The maximum atomic E-state index is 10.2. The Balaban J connectivity index is 1.81. The Morgan fingerprint density at radius 2 is 2.19 bits per heavy atom. The number of tetrazole rings is 1. The molecule has 0 unspecified atom stereocenters. The highest BCUT2D eigenvalue weighted by Crippen LogP contribution is 2.11. The van der Waals surface area contributed by atoms with E-state index >= 15 is 0 Å². The van der Waals surface area contributed by atoms with Gasteiger partial charge in [-0.15, -0.1) is 4.79 Å². The maximum Gasteiger partial charge on any atom is 0.272 e. The molecule has 0 radical (unpaired) electrons.